The molecule has 1 heterocycles. The lowest BCUT2D eigenvalue weighted by molar-refractivity contribution is -0.117. The van der Waals surface area contributed by atoms with E-state index in [1.807, 2.05) is 26.2 Å². The van der Waals surface area contributed by atoms with Crippen molar-refractivity contribution < 1.29 is 9.90 Å². The Bertz CT molecular complexity index is 428. The number of hydrogen-bond acceptors (Lipinski definition) is 4. The highest BCUT2D eigenvalue weighted by Gasteiger charge is 2.25. The van der Waals surface area contributed by atoms with Crippen LogP contribution in [0.1, 0.15) is 37.4 Å². The van der Waals surface area contributed by atoms with E-state index in [1.165, 1.54) is 6.08 Å². The second kappa shape index (κ2) is 7.40. The predicted molar refractivity (Wildman–Crippen MR) is 79.0 cm³/mol. The highest BCUT2D eigenvalue weighted by molar-refractivity contribution is 7.09. The molecule has 0 radical (unpaired) electrons. The van der Waals surface area contributed by atoms with Crippen LogP contribution in [0.3, 0.4) is 0 Å². The normalized spacial score (nSPS) is 12.0. The van der Waals surface area contributed by atoms with Crippen molar-refractivity contribution in [1.29, 1.82) is 0 Å². The monoisotopic (exact) mass is 282 g/mol. The van der Waals surface area contributed by atoms with Crippen LogP contribution in [0.2, 0.25) is 0 Å². The second-order valence-corrected chi connectivity index (χ2v) is 5.77. The Kier molecular flexibility index (Phi) is 6.18. The van der Waals surface area contributed by atoms with Gasteiger partial charge in [0.1, 0.15) is 0 Å². The molecule has 0 unspecified atom stereocenters. The quantitative estimate of drug-likeness (QED) is 0.755. The number of hydrogen-bond donors (Lipinski definition) is 2. The molecule has 0 saturated heterocycles. The van der Waals surface area contributed by atoms with Gasteiger partial charge in [-0.25, -0.2) is 4.98 Å². The van der Waals surface area contributed by atoms with Gasteiger partial charge in [-0.3, -0.25) is 4.79 Å². The molecule has 5 heteroatoms. The zero-order valence-corrected chi connectivity index (χ0v) is 12.6. The summed E-state index contributed by atoms with van der Waals surface area (Å²) in [5.41, 5.74) is 0.595. The number of aliphatic hydroxyl groups excluding tert-OH is 1. The maximum absolute atomic E-state index is 11.7. The Hall–Kier alpha value is -1.20. The SMILES string of the molecule is CCC(CC)(CO)CNC(=O)/C=C/c1csc(C)n1. The maximum Gasteiger partial charge on any atom is 0.244 e. The molecule has 0 aliphatic carbocycles. The summed E-state index contributed by atoms with van der Waals surface area (Å²) in [4.78, 5) is 16.0. The van der Waals surface area contributed by atoms with Crippen LogP contribution in [0.4, 0.5) is 0 Å². The van der Waals surface area contributed by atoms with Crippen LogP contribution in [0.25, 0.3) is 6.08 Å². The van der Waals surface area contributed by atoms with Gasteiger partial charge in [0.25, 0.3) is 0 Å². The van der Waals surface area contributed by atoms with Crippen molar-refractivity contribution >= 4 is 23.3 Å². The van der Waals surface area contributed by atoms with Crippen molar-refractivity contribution in [2.75, 3.05) is 13.2 Å². The summed E-state index contributed by atoms with van der Waals surface area (Å²) in [5.74, 6) is -0.148. The Labute approximate surface area is 118 Å². The molecule has 0 saturated carbocycles. The van der Waals surface area contributed by atoms with Gasteiger partial charge in [-0.15, -0.1) is 11.3 Å². The molecule has 1 rings (SSSR count). The molecule has 0 aliphatic rings. The van der Waals surface area contributed by atoms with Crippen LogP contribution in [-0.4, -0.2) is 29.1 Å². The zero-order chi connectivity index (χ0) is 14.3. The number of rotatable bonds is 7. The smallest absolute Gasteiger partial charge is 0.244 e. The molecule has 2 N–H and O–H groups in total. The number of thiazole rings is 1. The third kappa shape index (κ3) is 4.76. The van der Waals surface area contributed by atoms with Crippen molar-refractivity contribution in [2.24, 2.45) is 5.41 Å². The maximum atomic E-state index is 11.7. The second-order valence-electron chi connectivity index (χ2n) is 4.71. The van der Waals surface area contributed by atoms with E-state index in [0.717, 1.165) is 23.5 Å². The lowest BCUT2D eigenvalue weighted by Gasteiger charge is -2.29. The minimum absolute atomic E-state index is 0.0925. The molecule has 0 fully saturated rings. The predicted octanol–water partition coefficient (Wildman–Crippen LogP) is 2.38. The van der Waals surface area contributed by atoms with Crippen LogP contribution in [0.5, 0.6) is 0 Å². The average molecular weight is 282 g/mol. The third-order valence-corrected chi connectivity index (χ3v) is 4.31. The lowest BCUT2D eigenvalue weighted by atomic mass is 9.83. The molecular formula is C14H22N2O2S. The minimum Gasteiger partial charge on any atom is -0.396 e. The first-order valence-electron chi connectivity index (χ1n) is 6.54. The van der Waals surface area contributed by atoms with E-state index in [9.17, 15) is 9.90 Å². The van der Waals surface area contributed by atoms with E-state index in [1.54, 1.807) is 17.4 Å². The van der Waals surface area contributed by atoms with E-state index in [2.05, 4.69) is 10.3 Å². The Morgan fingerprint density at radius 2 is 2.21 bits per heavy atom. The molecule has 0 aromatic carbocycles. The fraction of sp³-hybridized carbons (Fsp3) is 0.571. The first-order chi connectivity index (χ1) is 9.05. The zero-order valence-electron chi connectivity index (χ0n) is 11.8. The molecule has 0 atom stereocenters. The van der Waals surface area contributed by atoms with Gasteiger partial charge in [0.05, 0.1) is 17.3 Å². The number of nitrogens with zero attached hydrogens (tertiary/aromatic N) is 1. The number of carbonyl (C=O) groups is 1. The minimum atomic E-state index is -0.208. The molecule has 19 heavy (non-hydrogen) atoms. The molecule has 4 nitrogen and oxygen atoms in total. The summed E-state index contributed by atoms with van der Waals surface area (Å²) in [7, 11) is 0. The summed E-state index contributed by atoms with van der Waals surface area (Å²) in [6.45, 7) is 6.57. The fourth-order valence-corrected chi connectivity index (χ4v) is 2.31. The summed E-state index contributed by atoms with van der Waals surface area (Å²) >= 11 is 1.56. The number of aryl methyl sites for hydroxylation is 1. The summed E-state index contributed by atoms with van der Waals surface area (Å²) in [6.07, 6.45) is 4.88. The number of nitrogens with one attached hydrogen (secondary N) is 1. The van der Waals surface area contributed by atoms with Gasteiger partial charge in [-0.1, -0.05) is 13.8 Å². The summed E-state index contributed by atoms with van der Waals surface area (Å²) < 4.78 is 0. The number of amides is 1. The lowest BCUT2D eigenvalue weighted by Crippen LogP contribution is -2.38. The van der Waals surface area contributed by atoms with Crippen LogP contribution < -0.4 is 5.32 Å². The molecular weight excluding hydrogens is 260 g/mol. The van der Waals surface area contributed by atoms with Gasteiger partial charge >= 0.3 is 0 Å². The van der Waals surface area contributed by atoms with E-state index in [0.29, 0.717) is 6.54 Å². The first-order valence-corrected chi connectivity index (χ1v) is 7.42. The standard InChI is InChI=1S/C14H22N2O2S/c1-4-14(5-2,10-17)9-15-13(18)7-6-12-8-19-11(3)16-12/h6-8,17H,4-5,9-10H2,1-3H3,(H,15,18)/b7-6+. The first kappa shape index (κ1) is 15.9. The van der Waals surface area contributed by atoms with Crippen LogP contribution in [0, 0.1) is 12.3 Å². The highest BCUT2D eigenvalue weighted by Crippen LogP contribution is 2.24. The molecule has 0 bridgehead atoms. The topological polar surface area (TPSA) is 62.2 Å². The largest absolute Gasteiger partial charge is 0.396 e. The van der Waals surface area contributed by atoms with E-state index in [-0.39, 0.29) is 17.9 Å². The summed E-state index contributed by atoms with van der Waals surface area (Å²) in [5, 5.41) is 15.2. The molecule has 1 aromatic heterocycles. The van der Waals surface area contributed by atoms with Crippen molar-refractivity contribution in [3.05, 3.63) is 22.2 Å². The van der Waals surface area contributed by atoms with E-state index in [4.69, 9.17) is 0 Å². The van der Waals surface area contributed by atoms with E-state index < -0.39 is 0 Å². The number of aliphatic hydroxyl groups is 1. The average Bonchev–Trinajstić information content (AvgIpc) is 2.84. The van der Waals surface area contributed by atoms with Gasteiger partial charge < -0.3 is 10.4 Å². The van der Waals surface area contributed by atoms with Crippen LogP contribution >= 0.6 is 11.3 Å². The van der Waals surface area contributed by atoms with Crippen molar-refractivity contribution in [1.82, 2.24) is 10.3 Å². The van der Waals surface area contributed by atoms with Crippen LogP contribution in [0.15, 0.2) is 11.5 Å². The van der Waals surface area contributed by atoms with Crippen molar-refractivity contribution in [2.45, 2.75) is 33.6 Å². The van der Waals surface area contributed by atoms with Crippen LogP contribution in [-0.2, 0) is 4.79 Å². The van der Waals surface area contributed by atoms with Gasteiger partial charge in [-0.05, 0) is 25.8 Å². The van der Waals surface area contributed by atoms with E-state index >= 15 is 0 Å². The Balaban J connectivity index is 2.49. The molecule has 1 aromatic rings. The highest BCUT2D eigenvalue weighted by atomic mass is 32.1. The van der Waals surface area contributed by atoms with Gasteiger partial charge in [-0.2, -0.15) is 0 Å². The van der Waals surface area contributed by atoms with Gasteiger partial charge in [0.15, 0.2) is 0 Å². The Morgan fingerprint density at radius 3 is 2.68 bits per heavy atom. The fourth-order valence-electron chi connectivity index (χ4n) is 1.73. The molecule has 1 amide bonds. The Morgan fingerprint density at radius 1 is 1.53 bits per heavy atom. The van der Waals surface area contributed by atoms with Crippen molar-refractivity contribution in [3.63, 3.8) is 0 Å². The summed E-state index contributed by atoms with van der Waals surface area (Å²) in [6, 6.07) is 0. The number of carbonyl (C=O) groups excluding carboxylic acids is 1. The number of aromatic nitrogens is 1. The van der Waals surface area contributed by atoms with Gasteiger partial charge in [0.2, 0.25) is 5.91 Å². The molecule has 0 aliphatic heterocycles. The molecule has 106 valence electrons. The third-order valence-electron chi connectivity index (χ3n) is 3.52. The molecule has 0 spiro atoms. The van der Waals surface area contributed by atoms with Crippen molar-refractivity contribution in [3.8, 4) is 0 Å². The van der Waals surface area contributed by atoms with Gasteiger partial charge in [0, 0.05) is 23.4 Å².